The van der Waals surface area contributed by atoms with Crippen molar-refractivity contribution in [3.05, 3.63) is 48.0 Å². The van der Waals surface area contributed by atoms with Crippen molar-refractivity contribution in [3.8, 4) is 0 Å². The maximum absolute atomic E-state index is 12.7. The molecule has 0 spiro atoms. The molecule has 132 valence electrons. The van der Waals surface area contributed by atoms with Crippen LogP contribution in [0.3, 0.4) is 0 Å². The molecule has 25 heavy (non-hydrogen) atoms. The number of carbonyl (C=O) groups is 1. The molecule has 6 nitrogen and oxygen atoms in total. The Morgan fingerprint density at radius 3 is 2.96 bits per heavy atom. The molecule has 1 aliphatic carbocycles. The second-order valence-corrected chi connectivity index (χ2v) is 7.00. The first kappa shape index (κ1) is 16.3. The van der Waals surface area contributed by atoms with Gasteiger partial charge in [0.05, 0.1) is 24.7 Å². The van der Waals surface area contributed by atoms with E-state index in [1.165, 1.54) is 12.8 Å². The lowest BCUT2D eigenvalue weighted by Gasteiger charge is -2.34. The fourth-order valence-corrected chi connectivity index (χ4v) is 3.31. The number of aromatic nitrogens is 3. The van der Waals surface area contributed by atoms with Gasteiger partial charge < -0.3 is 9.64 Å². The van der Waals surface area contributed by atoms with Crippen LogP contribution < -0.4 is 0 Å². The van der Waals surface area contributed by atoms with Gasteiger partial charge in [-0.2, -0.15) is 5.10 Å². The van der Waals surface area contributed by atoms with Gasteiger partial charge in [0.25, 0.3) is 0 Å². The lowest BCUT2D eigenvalue weighted by atomic mass is 10.1. The zero-order chi connectivity index (χ0) is 17.1. The molecule has 1 saturated carbocycles. The summed E-state index contributed by atoms with van der Waals surface area (Å²) in [6.45, 7) is 2.90. The second-order valence-electron chi connectivity index (χ2n) is 7.00. The zero-order valence-electron chi connectivity index (χ0n) is 14.4. The number of pyridine rings is 1. The van der Waals surface area contributed by atoms with Gasteiger partial charge in [-0.05, 0) is 43.4 Å². The number of amides is 1. The van der Waals surface area contributed by atoms with Crippen molar-refractivity contribution in [2.75, 3.05) is 19.8 Å². The molecule has 0 unspecified atom stereocenters. The number of hydrogen-bond donors (Lipinski definition) is 0. The molecule has 0 radical (unpaired) electrons. The first-order valence-corrected chi connectivity index (χ1v) is 9.07. The van der Waals surface area contributed by atoms with Crippen LogP contribution in [-0.2, 0) is 22.5 Å². The summed E-state index contributed by atoms with van der Waals surface area (Å²) in [6, 6.07) is 7.87. The van der Waals surface area contributed by atoms with Gasteiger partial charge in [0.15, 0.2) is 0 Å². The molecule has 2 aliphatic rings. The zero-order valence-corrected chi connectivity index (χ0v) is 14.4. The third-order valence-electron chi connectivity index (χ3n) is 4.94. The summed E-state index contributed by atoms with van der Waals surface area (Å²) >= 11 is 0. The summed E-state index contributed by atoms with van der Waals surface area (Å²) in [7, 11) is 0. The van der Waals surface area contributed by atoms with Crippen LogP contribution in [0.25, 0.3) is 0 Å². The molecular weight excluding hydrogens is 316 g/mol. The lowest BCUT2D eigenvalue weighted by molar-refractivity contribution is -0.132. The Kier molecular flexibility index (Phi) is 4.78. The van der Waals surface area contributed by atoms with E-state index in [4.69, 9.17) is 4.74 Å². The summed E-state index contributed by atoms with van der Waals surface area (Å²) in [6.07, 6.45) is 7.40. The highest BCUT2D eigenvalue weighted by Gasteiger charge is 2.28. The Bertz CT molecular complexity index is 711. The average molecular weight is 340 g/mol. The van der Waals surface area contributed by atoms with Gasteiger partial charge in [-0.3, -0.25) is 14.5 Å². The fraction of sp³-hybridized carbons (Fsp3) is 0.526. The Balaban J connectivity index is 1.37. The van der Waals surface area contributed by atoms with E-state index >= 15 is 0 Å². The smallest absolute Gasteiger partial charge is 0.229 e. The number of fused-ring (bicyclic) bond motifs is 1. The monoisotopic (exact) mass is 340 g/mol. The van der Waals surface area contributed by atoms with E-state index in [2.05, 4.69) is 14.8 Å². The van der Waals surface area contributed by atoms with Gasteiger partial charge >= 0.3 is 0 Å². The first-order chi connectivity index (χ1) is 12.3. The molecule has 0 saturated heterocycles. The summed E-state index contributed by atoms with van der Waals surface area (Å²) in [4.78, 5) is 18.9. The number of carbonyl (C=O) groups excluding carboxylic acids is 1. The van der Waals surface area contributed by atoms with E-state index in [9.17, 15) is 4.79 Å². The molecule has 1 aliphatic heterocycles. The van der Waals surface area contributed by atoms with Crippen molar-refractivity contribution in [2.45, 2.75) is 38.3 Å². The van der Waals surface area contributed by atoms with Crippen LogP contribution in [0, 0.1) is 5.92 Å². The van der Waals surface area contributed by atoms with Crippen molar-refractivity contribution in [1.29, 1.82) is 0 Å². The number of ether oxygens (including phenoxy) is 1. The van der Waals surface area contributed by atoms with Gasteiger partial charge in [0.1, 0.15) is 0 Å². The predicted molar refractivity (Wildman–Crippen MR) is 92.8 cm³/mol. The molecule has 1 atom stereocenters. The van der Waals surface area contributed by atoms with Crippen LogP contribution in [-0.4, -0.2) is 45.3 Å². The number of hydrogen-bond acceptors (Lipinski definition) is 4. The molecule has 2 aromatic heterocycles. The third-order valence-corrected chi connectivity index (χ3v) is 4.94. The molecule has 4 rings (SSSR count). The Morgan fingerprint density at radius 2 is 2.16 bits per heavy atom. The van der Waals surface area contributed by atoms with Crippen molar-refractivity contribution in [3.63, 3.8) is 0 Å². The van der Waals surface area contributed by atoms with E-state index in [0.29, 0.717) is 19.5 Å². The van der Waals surface area contributed by atoms with Crippen molar-refractivity contribution in [1.82, 2.24) is 19.7 Å². The molecule has 0 bridgehead atoms. The van der Waals surface area contributed by atoms with Crippen LogP contribution in [0.15, 0.2) is 36.7 Å². The molecule has 0 aromatic carbocycles. The van der Waals surface area contributed by atoms with E-state index < -0.39 is 0 Å². The van der Waals surface area contributed by atoms with E-state index in [0.717, 1.165) is 36.9 Å². The van der Waals surface area contributed by atoms with Crippen molar-refractivity contribution in [2.24, 2.45) is 5.92 Å². The van der Waals surface area contributed by atoms with Crippen LogP contribution in [0.1, 0.15) is 36.7 Å². The maximum Gasteiger partial charge on any atom is 0.229 e. The fourth-order valence-electron chi connectivity index (χ4n) is 3.31. The van der Waals surface area contributed by atoms with Crippen LogP contribution >= 0.6 is 0 Å². The summed E-state index contributed by atoms with van der Waals surface area (Å²) < 4.78 is 7.85. The Hall–Kier alpha value is -2.21. The minimum absolute atomic E-state index is 0.120. The van der Waals surface area contributed by atoms with Crippen LogP contribution in [0.4, 0.5) is 0 Å². The summed E-state index contributed by atoms with van der Waals surface area (Å²) in [5.74, 6) is 0.901. The van der Waals surface area contributed by atoms with Crippen LogP contribution in [0.2, 0.25) is 0 Å². The van der Waals surface area contributed by atoms with Gasteiger partial charge in [0.2, 0.25) is 5.91 Å². The van der Waals surface area contributed by atoms with E-state index in [1.807, 2.05) is 35.4 Å². The molecule has 1 fully saturated rings. The van der Waals surface area contributed by atoms with Gasteiger partial charge in [-0.15, -0.1) is 0 Å². The largest absolute Gasteiger partial charge is 0.381 e. The molecule has 0 N–H and O–H groups in total. The summed E-state index contributed by atoms with van der Waals surface area (Å²) in [5.41, 5.74) is 1.91. The molecule has 1 amide bonds. The molecule has 2 aromatic rings. The van der Waals surface area contributed by atoms with Gasteiger partial charge in [0, 0.05) is 37.8 Å². The maximum atomic E-state index is 12.7. The van der Waals surface area contributed by atoms with Crippen molar-refractivity contribution >= 4 is 5.91 Å². The molecule has 6 heteroatoms. The van der Waals surface area contributed by atoms with E-state index in [1.54, 1.807) is 6.20 Å². The highest BCUT2D eigenvalue weighted by molar-refractivity contribution is 5.78. The number of rotatable bonds is 7. The minimum atomic E-state index is 0.120. The van der Waals surface area contributed by atoms with Gasteiger partial charge in [-0.1, -0.05) is 6.07 Å². The molecule has 3 heterocycles. The Labute approximate surface area is 147 Å². The highest BCUT2D eigenvalue weighted by atomic mass is 16.5. The minimum Gasteiger partial charge on any atom is -0.381 e. The number of nitrogens with zero attached hydrogens (tertiary/aromatic N) is 4. The summed E-state index contributed by atoms with van der Waals surface area (Å²) in [5, 5.41) is 4.45. The topological polar surface area (TPSA) is 60.2 Å². The quantitative estimate of drug-likeness (QED) is 0.725. The first-order valence-electron chi connectivity index (χ1n) is 9.07. The predicted octanol–water partition coefficient (Wildman–Crippen LogP) is 2.22. The van der Waals surface area contributed by atoms with Crippen LogP contribution in [0.5, 0.6) is 0 Å². The SMILES string of the molecule is O=C(Cc1ccccn1)N1Cc2ccnn2[C@H](CCOCC2CC2)C1. The highest BCUT2D eigenvalue weighted by Crippen LogP contribution is 2.29. The average Bonchev–Trinajstić information content (AvgIpc) is 3.33. The lowest BCUT2D eigenvalue weighted by Crippen LogP contribution is -2.42. The Morgan fingerprint density at radius 1 is 1.24 bits per heavy atom. The van der Waals surface area contributed by atoms with E-state index in [-0.39, 0.29) is 11.9 Å². The normalized spacial score (nSPS) is 19.7. The van der Waals surface area contributed by atoms with Crippen molar-refractivity contribution < 1.29 is 9.53 Å². The van der Waals surface area contributed by atoms with Gasteiger partial charge in [-0.25, -0.2) is 0 Å². The molecular formula is C19H24N4O2. The third kappa shape index (κ3) is 4.07. The standard InChI is InChI=1S/C19H24N4O2/c24-19(11-16-3-1-2-8-20-16)22-12-17-6-9-21-23(17)18(13-22)7-10-25-14-15-4-5-15/h1-3,6,8-9,15,18H,4-5,7,10-14H2/t18-/m1/s1. The second kappa shape index (κ2) is 7.35.